The predicted octanol–water partition coefficient (Wildman–Crippen LogP) is 3.55. The number of benzene rings is 1. The van der Waals surface area contributed by atoms with Gasteiger partial charge in [0.15, 0.2) is 17.4 Å². The molecule has 0 amide bonds. The van der Waals surface area contributed by atoms with Crippen LogP contribution in [0.1, 0.15) is 0 Å². The van der Waals surface area contributed by atoms with Crippen molar-refractivity contribution in [3.63, 3.8) is 0 Å². The Balaban J connectivity index is 2.46. The highest BCUT2D eigenvalue weighted by molar-refractivity contribution is 14.1. The summed E-state index contributed by atoms with van der Waals surface area (Å²) in [6, 6.07) is 4.53. The third-order valence-corrected chi connectivity index (χ3v) is 3.51. The minimum atomic E-state index is -0.455. The third-order valence-electron chi connectivity index (χ3n) is 2.11. The lowest BCUT2D eigenvalue weighted by Crippen LogP contribution is -1.93. The van der Waals surface area contributed by atoms with Crippen molar-refractivity contribution in [1.29, 1.82) is 0 Å². The SMILES string of the molecule is COc1ccc(-c2ncc(I)c(Cl)n2)cc1F. The number of rotatable bonds is 2. The molecule has 0 aliphatic heterocycles. The molecular formula is C11H7ClFIN2O. The minimum Gasteiger partial charge on any atom is -0.494 e. The van der Waals surface area contributed by atoms with Crippen LogP contribution in [-0.4, -0.2) is 17.1 Å². The monoisotopic (exact) mass is 364 g/mol. The topological polar surface area (TPSA) is 35.0 Å². The zero-order valence-corrected chi connectivity index (χ0v) is 11.7. The molecule has 17 heavy (non-hydrogen) atoms. The van der Waals surface area contributed by atoms with E-state index < -0.39 is 5.82 Å². The van der Waals surface area contributed by atoms with E-state index in [-0.39, 0.29) is 5.75 Å². The fourth-order valence-electron chi connectivity index (χ4n) is 1.29. The lowest BCUT2D eigenvalue weighted by Gasteiger charge is -2.05. The summed E-state index contributed by atoms with van der Waals surface area (Å²) in [6.45, 7) is 0. The van der Waals surface area contributed by atoms with Crippen LogP contribution in [0.5, 0.6) is 5.75 Å². The van der Waals surface area contributed by atoms with Gasteiger partial charge in [-0.3, -0.25) is 0 Å². The summed E-state index contributed by atoms with van der Waals surface area (Å²) < 4.78 is 19.1. The van der Waals surface area contributed by atoms with Gasteiger partial charge in [0.2, 0.25) is 0 Å². The highest BCUT2D eigenvalue weighted by atomic mass is 127. The Bertz CT molecular complexity index is 565. The average Bonchev–Trinajstić information content (AvgIpc) is 2.32. The quantitative estimate of drug-likeness (QED) is 0.604. The summed E-state index contributed by atoms with van der Waals surface area (Å²) in [5, 5.41) is 0.354. The maximum Gasteiger partial charge on any atom is 0.165 e. The molecule has 0 saturated carbocycles. The molecule has 0 N–H and O–H groups in total. The van der Waals surface area contributed by atoms with Crippen LogP contribution in [-0.2, 0) is 0 Å². The summed E-state index contributed by atoms with van der Waals surface area (Å²) >= 11 is 7.91. The maximum absolute atomic E-state index is 13.5. The molecule has 2 rings (SSSR count). The van der Waals surface area contributed by atoms with Crippen molar-refractivity contribution in [2.24, 2.45) is 0 Å². The molecule has 0 atom stereocenters. The fraction of sp³-hybridized carbons (Fsp3) is 0.0909. The lowest BCUT2D eigenvalue weighted by atomic mass is 10.2. The Labute approximate surface area is 116 Å². The molecule has 0 bridgehead atoms. The highest BCUT2D eigenvalue weighted by Gasteiger charge is 2.09. The largest absolute Gasteiger partial charge is 0.494 e. The lowest BCUT2D eigenvalue weighted by molar-refractivity contribution is 0.386. The zero-order chi connectivity index (χ0) is 12.4. The van der Waals surface area contributed by atoms with E-state index in [1.54, 1.807) is 12.3 Å². The van der Waals surface area contributed by atoms with E-state index in [1.165, 1.54) is 19.2 Å². The van der Waals surface area contributed by atoms with Crippen LogP contribution >= 0.6 is 34.2 Å². The Morgan fingerprint density at radius 3 is 2.76 bits per heavy atom. The third kappa shape index (κ3) is 2.66. The number of ether oxygens (including phenoxy) is 1. The van der Waals surface area contributed by atoms with Gasteiger partial charge in [0.05, 0.1) is 10.7 Å². The van der Waals surface area contributed by atoms with Crippen molar-refractivity contribution in [2.45, 2.75) is 0 Å². The van der Waals surface area contributed by atoms with Crippen molar-refractivity contribution in [2.75, 3.05) is 7.11 Å². The van der Waals surface area contributed by atoms with E-state index in [1.807, 2.05) is 22.6 Å². The zero-order valence-electron chi connectivity index (χ0n) is 8.75. The molecule has 3 nitrogen and oxygen atoms in total. The Kier molecular flexibility index (Phi) is 3.78. The van der Waals surface area contributed by atoms with Gasteiger partial charge in [-0.2, -0.15) is 0 Å². The molecule has 0 aliphatic rings. The van der Waals surface area contributed by atoms with Gasteiger partial charge in [-0.25, -0.2) is 14.4 Å². The van der Waals surface area contributed by atoms with E-state index in [0.29, 0.717) is 16.5 Å². The van der Waals surface area contributed by atoms with Gasteiger partial charge in [0.1, 0.15) is 5.15 Å². The first-order chi connectivity index (χ1) is 8.11. The summed E-state index contributed by atoms with van der Waals surface area (Å²) in [7, 11) is 1.41. The first-order valence-electron chi connectivity index (χ1n) is 4.64. The number of hydrogen-bond donors (Lipinski definition) is 0. The second kappa shape index (κ2) is 5.14. The highest BCUT2D eigenvalue weighted by Crippen LogP contribution is 2.25. The molecule has 0 fully saturated rings. The minimum absolute atomic E-state index is 0.186. The molecule has 0 saturated heterocycles. The molecule has 2 aromatic rings. The first-order valence-corrected chi connectivity index (χ1v) is 6.09. The van der Waals surface area contributed by atoms with E-state index in [4.69, 9.17) is 16.3 Å². The van der Waals surface area contributed by atoms with Crippen LogP contribution in [0.2, 0.25) is 5.15 Å². The normalized spacial score (nSPS) is 10.4. The molecule has 1 aromatic heterocycles. The molecular weight excluding hydrogens is 357 g/mol. The van der Waals surface area contributed by atoms with Crippen LogP contribution < -0.4 is 4.74 Å². The predicted molar refractivity (Wildman–Crippen MR) is 71.7 cm³/mol. The van der Waals surface area contributed by atoms with Crippen LogP contribution in [0.4, 0.5) is 4.39 Å². The van der Waals surface area contributed by atoms with Crippen molar-refractivity contribution in [3.8, 4) is 17.1 Å². The van der Waals surface area contributed by atoms with Gasteiger partial charge in [-0.05, 0) is 40.8 Å². The summed E-state index contributed by atoms with van der Waals surface area (Å²) in [5.74, 6) is 0.116. The van der Waals surface area contributed by atoms with Gasteiger partial charge >= 0.3 is 0 Å². The second-order valence-corrected chi connectivity index (χ2v) is 4.70. The van der Waals surface area contributed by atoms with Crippen molar-refractivity contribution in [3.05, 3.63) is 38.9 Å². The van der Waals surface area contributed by atoms with Crippen LogP contribution in [0, 0.1) is 9.39 Å². The van der Waals surface area contributed by atoms with E-state index in [2.05, 4.69) is 9.97 Å². The van der Waals surface area contributed by atoms with E-state index in [0.717, 1.165) is 3.57 Å². The molecule has 0 radical (unpaired) electrons. The summed E-state index contributed by atoms with van der Waals surface area (Å²) in [6.07, 6.45) is 1.59. The van der Waals surface area contributed by atoms with Gasteiger partial charge in [0, 0.05) is 11.8 Å². The molecule has 1 aromatic carbocycles. The van der Waals surface area contributed by atoms with Gasteiger partial charge in [0.25, 0.3) is 0 Å². The number of nitrogens with zero attached hydrogens (tertiary/aromatic N) is 2. The standard InChI is InChI=1S/C11H7ClFIN2O/c1-17-9-3-2-6(4-7(9)13)11-15-5-8(14)10(12)16-11/h2-5H,1H3. The number of methoxy groups -OCH3 is 1. The molecule has 1 heterocycles. The average molecular weight is 365 g/mol. The Morgan fingerprint density at radius 1 is 1.41 bits per heavy atom. The first kappa shape index (κ1) is 12.5. The molecule has 0 aliphatic carbocycles. The Hall–Kier alpha value is -0.950. The van der Waals surface area contributed by atoms with E-state index >= 15 is 0 Å². The van der Waals surface area contributed by atoms with Gasteiger partial charge < -0.3 is 4.74 Å². The van der Waals surface area contributed by atoms with Gasteiger partial charge in [-0.15, -0.1) is 0 Å². The Morgan fingerprint density at radius 2 is 2.18 bits per heavy atom. The summed E-state index contributed by atoms with van der Waals surface area (Å²) in [4.78, 5) is 8.17. The summed E-state index contributed by atoms with van der Waals surface area (Å²) in [5.41, 5.74) is 0.557. The van der Waals surface area contributed by atoms with E-state index in [9.17, 15) is 4.39 Å². The smallest absolute Gasteiger partial charge is 0.165 e. The molecule has 0 unspecified atom stereocenters. The number of hydrogen-bond acceptors (Lipinski definition) is 3. The maximum atomic E-state index is 13.5. The second-order valence-electron chi connectivity index (χ2n) is 3.18. The molecule has 6 heteroatoms. The van der Waals surface area contributed by atoms with Crippen LogP contribution in [0.3, 0.4) is 0 Å². The van der Waals surface area contributed by atoms with Crippen LogP contribution in [0.25, 0.3) is 11.4 Å². The van der Waals surface area contributed by atoms with Crippen molar-refractivity contribution < 1.29 is 9.13 Å². The number of halogens is 3. The molecule has 88 valence electrons. The number of aromatic nitrogens is 2. The fourth-order valence-corrected chi connectivity index (χ4v) is 1.68. The van der Waals surface area contributed by atoms with Crippen molar-refractivity contribution in [1.82, 2.24) is 9.97 Å². The van der Waals surface area contributed by atoms with Crippen molar-refractivity contribution >= 4 is 34.2 Å². The van der Waals surface area contributed by atoms with Crippen LogP contribution in [0.15, 0.2) is 24.4 Å². The molecule has 0 spiro atoms. The van der Waals surface area contributed by atoms with Gasteiger partial charge in [-0.1, -0.05) is 11.6 Å².